The Hall–Kier alpha value is -1.37. The third kappa shape index (κ3) is 3.59. The van der Waals surface area contributed by atoms with E-state index >= 15 is 0 Å². The number of benzene rings is 1. The van der Waals surface area contributed by atoms with E-state index in [9.17, 15) is 19.1 Å². The fourth-order valence-electron chi connectivity index (χ4n) is 2.79. The van der Waals surface area contributed by atoms with Crippen LogP contribution in [0.25, 0.3) is 0 Å². The summed E-state index contributed by atoms with van der Waals surface area (Å²) in [7, 11) is 1.41. The second-order valence-electron chi connectivity index (χ2n) is 5.59. The summed E-state index contributed by atoms with van der Waals surface area (Å²) in [5, 5.41) is 9.35. The van der Waals surface area contributed by atoms with Gasteiger partial charge in [0.2, 0.25) is 0 Å². The highest BCUT2D eigenvalue weighted by Gasteiger charge is 2.44. The lowest BCUT2D eigenvalue weighted by molar-refractivity contribution is -0.155. The number of methoxy groups -OCH3 is 1. The molecule has 126 valence electrons. The Kier molecular flexibility index (Phi) is 5.49. The minimum absolute atomic E-state index is 0.00513. The number of rotatable bonds is 4. The molecule has 8 heteroatoms. The van der Waals surface area contributed by atoms with Crippen LogP contribution in [0, 0.1) is 11.2 Å². The van der Waals surface area contributed by atoms with Gasteiger partial charge in [0.1, 0.15) is 11.2 Å². The Balaban J connectivity index is 2.29. The first-order valence-electron chi connectivity index (χ1n) is 6.97. The lowest BCUT2D eigenvalue weighted by Gasteiger charge is -2.39. The highest BCUT2D eigenvalue weighted by molar-refractivity contribution is 6.36. The molecule has 5 nitrogen and oxygen atoms in total. The second-order valence-corrected chi connectivity index (χ2v) is 6.41. The zero-order valence-electron chi connectivity index (χ0n) is 12.4. The zero-order chi connectivity index (χ0) is 17.2. The van der Waals surface area contributed by atoms with E-state index in [0.717, 1.165) is 12.1 Å². The van der Waals surface area contributed by atoms with Crippen molar-refractivity contribution in [3.05, 3.63) is 33.6 Å². The standard InChI is InChI=1S/C15H16Cl2FNO4/c1-23-8-15(14(21)22)3-2-4-19(7-15)13(20)9-5-12(18)11(17)6-10(9)16/h5-6H,2-4,7-8H2,1H3,(H,21,22). The van der Waals surface area contributed by atoms with Crippen molar-refractivity contribution in [3.8, 4) is 0 Å². The molecular weight excluding hydrogens is 348 g/mol. The molecule has 0 spiro atoms. The van der Waals surface area contributed by atoms with Crippen LogP contribution in [0.3, 0.4) is 0 Å². The Morgan fingerprint density at radius 2 is 2.09 bits per heavy atom. The van der Waals surface area contributed by atoms with E-state index in [0.29, 0.717) is 19.4 Å². The Bertz CT molecular complexity index is 636. The topological polar surface area (TPSA) is 66.8 Å². The van der Waals surface area contributed by atoms with Crippen molar-refractivity contribution in [2.45, 2.75) is 12.8 Å². The summed E-state index contributed by atoms with van der Waals surface area (Å²) in [6.07, 6.45) is 0.914. The molecule has 1 N–H and O–H groups in total. The Morgan fingerprint density at radius 3 is 2.70 bits per heavy atom. The molecule has 1 unspecified atom stereocenters. The molecule has 1 saturated heterocycles. The SMILES string of the molecule is COCC1(C(=O)O)CCCN(C(=O)c2cc(F)c(Cl)cc2Cl)C1. The Labute approximate surface area is 142 Å². The quantitative estimate of drug-likeness (QED) is 0.834. The number of piperidine rings is 1. The monoisotopic (exact) mass is 363 g/mol. The third-order valence-electron chi connectivity index (χ3n) is 3.98. The summed E-state index contributed by atoms with van der Waals surface area (Å²) >= 11 is 11.6. The predicted molar refractivity (Wildman–Crippen MR) is 83.5 cm³/mol. The van der Waals surface area contributed by atoms with Gasteiger partial charge in [-0.15, -0.1) is 0 Å². The van der Waals surface area contributed by atoms with Crippen LogP contribution >= 0.6 is 23.2 Å². The number of aliphatic carboxylic acids is 1. The number of likely N-dealkylation sites (tertiary alicyclic amines) is 1. The number of hydrogen-bond donors (Lipinski definition) is 1. The summed E-state index contributed by atoms with van der Waals surface area (Å²) in [6, 6.07) is 2.13. The van der Waals surface area contributed by atoms with Crippen LogP contribution in [-0.4, -0.2) is 48.7 Å². The van der Waals surface area contributed by atoms with E-state index in [4.69, 9.17) is 27.9 Å². The summed E-state index contributed by atoms with van der Waals surface area (Å²) in [4.78, 5) is 25.6. The molecular formula is C15H16Cl2FNO4. The fraction of sp³-hybridized carbons (Fsp3) is 0.467. The molecule has 0 bridgehead atoms. The molecule has 1 atom stereocenters. The predicted octanol–water partition coefficient (Wildman–Crippen LogP) is 3.09. The van der Waals surface area contributed by atoms with Gasteiger partial charge in [-0.2, -0.15) is 0 Å². The number of hydrogen-bond acceptors (Lipinski definition) is 3. The molecule has 0 saturated carbocycles. The van der Waals surface area contributed by atoms with Gasteiger partial charge in [-0.05, 0) is 25.0 Å². The number of carboxylic acids is 1. The van der Waals surface area contributed by atoms with Gasteiger partial charge in [-0.1, -0.05) is 23.2 Å². The number of carbonyl (C=O) groups is 2. The van der Waals surface area contributed by atoms with Crippen molar-refractivity contribution in [2.24, 2.45) is 5.41 Å². The van der Waals surface area contributed by atoms with Crippen LogP contribution in [0.2, 0.25) is 10.0 Å². The molecule has 2 rings (SSSR count). The van der Waals surface area contributed by atoms with Gasteiger partial charge in [-0.3, -0.25) is 9.59 Å². The number of amides is 1. The van der Waals surface area contributed by atoms with E-state index in [1.54, 1.807) is 0 Å². The fourth-order valence-corrected chi connectivity index (χ4v) is 3.26. The number of carboxylic acid groups (broad SMARTS) is 1. The van der Waals surface area contributed by atoms with Gasteiger partial charge in [0.15, 0.2) is 0 Å². The highest BCUT2D eigenvalue weighted by Crippen LogP contribution is 2.33. The van der Waals surface area contributed by atoms with Gasteiger partial charge in [0.25, 0.3) is 5.91 Å². The Morgan fingerprint density at radius 1 is 1.39 bits per heavy atom. The lowest BCUT2D eigenvalue weighted by atomic mass is 9.80. The van der Waals surface area contributed by atoms with Crippen LogP contribution < -0.4 is 0 Å². The maximum absolute atomic E-state index is 13.6. The van der Waals surface area contributed by atoms with Crippen LogP contribution in [0.4, 0.5) is 4.39 Å². The van der Waals surface area contributed by atoms with E-state index in [1.807, 2.05) is 0 Å². The molecule has 0 radical (unpaired) electrons. The first-order valence-corrected chi connectivity index (χ1v) is 7.72. The van der Waals surface area contributed by atoms with Crippen molar-refractivity contribution in [2.75, 3.05) is 26.8 Å². The van der Waals surface area contributed by atoms with Gasteiger partial charge in [0.05, 0.1) is 22.2 Å². The minimum atomic E-state index is -1.17. The molecule has 1 aromatic carbocycles. The molecule has 1 fully saturated rings. The van der Waals surface area contributed by atoms with Gasteiger partial charge in [0, 0.05) is 20.2 Å². The first-order chi connectivity index (χ1) is 10.8. The number of ether oxygens (including phenoxy) is 1. The van der Waals surface area contributed by atoms with Crippen molar-refractivity contribution in [1.29, 1.82) is 0 Å². The number of carbonyl (C=O) groups excluding carboxylic acids is 1. The van der Waals surface area contributed by atoms with E-state index in [2.05, 4.69) is 0 Å². The van der Waals surface area contributed by atoms with Crippen LogP contribution in [0.5, 0.6) is 0 Å². The van der Waals surface area contributed by atoms with E-state index in [-0.39, 0.29) is 28.8 Å². The molecule has 0 aliphatic carbocycles. The van der Waals surface area contributed by atoms with Crippen LogP contribution in [0.15, 0.2) is 12.1 Å². The number of halogens is 3. The maximum atomic E-state index is 13.6. The molecule has 1 aliphatic rings. The molecule has 23 heavy (non-hydrogen) atoms. The van der Waals surface area contributed by atoms with Crippen molar-refractivity contribution < 1.29 is 23.8 Å². The molecule has 1 heterocycles. The van der Waals surface area contributed by atoms with E-state index in [1.165, 1.54) is 12.0 Å². The largest absolute Gasteiger partial charge is 0.481 e. The number of nitrogens with zero attached hydrogens (tertiary/aromatic N) is 1. The normalized spacial score (nSPS) is 21.3. The zero-order valence-corrected chi connectivity index (χ0v) is 14.0. The van der Waals surface area contributed by atoms with E-state index < -0.39 is 23.1 Å². The van der Waals surface area contributed by atoms with Gasteiger partial charge in [-0.25, -0.2) is 4.39 Å². The third-order valence-corrected chi connectivity index (χ3v) is 4.58. The average molecular weight is 364 g/mol. The maximum Gasteiger partial charge on any atom is 0.313 e. The average Bonchev–Trinajstić information content (AvgIpc) is 2.50. The minimum Gasteiger partial charge on any atom is -0.481 e. The smallest absolute Gasteiger partial charge is 0.313 e. The van der Waals surface area contributed by atoms with Gasteiger partial charge < -0.3 is 14.7 Å². The van der Waals surface area contributed by atoms with Crippen molar-refractivity contribution in [3.63, 3.8) is 0 Å². The molecule has 1 aromatic rings. The molecule has 1 amide bonds. The van der Waals surface area contributed by atoms with Gasteiger partial charge >= 0.3 is 5.97 Å². The summed E-state index contributed by atoms with van der Waals surface area (Å²) in [5.74, 6) is -2.30. The first kappa shape index (κ1) is 18.0. The summed E-state index contributed by atoms with van der Waals surface area (Å²) < 4.78 is 18.6. The second kappa shape index (κ2) is 7.03. The summed E-state index contributed by atoms with van der Waals surface area (Å²) in [6.45, 7) is 0.350. The summed E-state index contributed by atoms with van der Waals surface area (Å²) in [5.41, 5.74) is -1.20. The lowest BCUT2D eigenvalue weighted by Crippen LogP contribution is -2.52. The molecule has 1 aliphatic heterocycles. The molecule has 0 aromatic heterocycles. The highest BCUT2D eigenvalue weighted by atomic mass is 35.5. The van der Waals surface area contributed by atoms with Crippen molar-refractivity contribution >= 4 is 35.1 Å². The van der Waals surface area contributed by atoms with Crippen molar-refractivity contribution in [1.82, 2.24) is 4.90 Å². The van der Waals surface area contributed by atoms with Crippen LogP contribution in [-0.2, 0) is 9.53 Å². The van der Waals surface area contributed by atoms with Crippen LogP contribution in [0.1, 0.15) is 23.2 Å².